The molecule has 160 valence electrons. The molecule has 1 aromatic rings. The van der Waals surface area contributed by atoms with Crippen molar-refractivity contribution in [3.63, 3.8) is 0 Å². The van der Waals surface area contributed by atoms with Gasteiger partial charge in [0.05, 0.1) is 0 Å². The lowest BCUT2D eigenvalue weighted by atomic mass is 9.96. The van der Waals surface area contributed by atoms with Crippen LogP contribution in [0.25, 0.3) is 0 Å². The molecule has 0 heterocycles. The number of hydrogen-bond donors (Lipinski definition) is 5. The van der Waals surface area contributed by atoms with Gasteiger partial charge in [-0.2, -0.15) is 0 Å². The Morgan fingerprint density at radius 1 is 0.931 bits per heavy atom. The number of phenols is 1. The van der Waals surface area contributed by atoms with E-state index >= 15 is 0 Å². The summed E-state index contributed by atoms with van der Waals surface area (Å²) < 4.78 is 0. The minimum atomic E-state index is -0.259. The molecule has 0 aliphatic heterocycles. The van der Waals surface area contributed by atoms with E-state index in [0.29, 0.717) is 44.5 Å². The Hall–Kier alpha value is -2.77. The highest BCUT2D eigenvalue weighted by atomic mass is 16.3. The van der Waals surface area contributed by atoms with Gasteiger partial charge in [0.1, 0.15) is 5.75 Å². The van der Waals surface area contributed by atoms with Crippen LogP contribution in [-0.4, -0.2) is 48.6 Å². The van der Waals surface area contributed by atoms with Crippen molar-refractivity contribution in [2.75, 3.05) is 19.6 Å². The Bertz CT molecular complexity index is 674. The summed E-state index contributed by atoms with van der Waals surface area (Å²) in [6, 6.07) is 6.27. The Balaban J connectivity index is 1.45. The van der Waals surface area contributed by atoms with E-state index in [1.54, 1.807) is 12.1 Å². The minimum absolute atomic E-state index is 0.0471. The molecule has 1 saturated carbocycles. The standard InChI is InChI=1S/C21H32N4O4/c26-18-10-4-7-16(15-18)20(28)23-14-6-13-22-19(27)11-5-12-24-21(29)25-17-8-2-1-3-9-17/h4,7,10,15,17,26H,1-3,5-6,8-9,11-14H2,(H,22,27)(H,23,28)(H2,24,25,29). The van der Waals surface area contributed by atoms with Crippen molar-refractivity contribution in [1.82, 2.24) is 21.3 Å². The molecular weight excluding hydrogens is 372 g/mol. The van der Waals surface area contributed by atoms with Crippen molar-refractivity contribution in [2.24, 2.45) is 0 Å². The lowest BCUT2D eigenvalue weighted by Crippen LogP contribution is -2.43. The highest BCUT2D eigenvalue weighted by molar-refractivity contribution is 5.94. The van der Waals surface area contributed by atoms with Gasteiger partial charge in [-0.15, -0.1) is 0 Å². The van der Waals surface area contributed by atoms with E-state index in [-0.39, 0.29) is 29.6 Å². The second-order valence-electron chi connectivity index (χ2n) is 7.35. The summed E-state index contributed by atoms with van der Waals surface area (Å²) in [6.07, 6.45) is 7.22. The maximum Gasteiger partial charge on any atom is 0.315 e. The van der Waals surface area contributed by atoms with Crippen molar-refractivity contribution in [3.05, 3.63) is 29.8 Å². The number of nitrogens with one attached hydrogen (secondary N) is 4. The van der Waals surface area contributed by atoms with Crippen LogP contribution < -0.4 is 21.3 Å². The molecule has 29 heavy (non-hydrogen) atoms. The molecule has 0 aromatic heterocycles. The normalized spacial score (nSPS) is 14.1. The zero-order valence-electron chi connectivity index (χ0n) is 16.8. The lowest BCUT2D eigenvalue weighted by molar-refractivity contribution is -0.121. The third-order valence-corrected chi connectivity index (χ3v) is 4.88. The Labute approximate surface area is 171 Å². The van der Waals surface area contributed by atoms with Gasteiger partial charge in [-0.05, 0) is 43.9 Å². The number of amides is 4. The average Bonchev–Trinajstić information content (AvgIpc) is 2.71. The topological polar surface area (TPSA) is 120 Å². The van der Waals surface area contributed by atoms with Crippen LogP contribution in [0.4, 0.5) is 4.79 Å². The predicted octanol–water partition coefficient (Wildman–Crippen LogP) is 2.04. The summed E-state index contributed by atoms with van der Waals surface area (Å²) in [5.41, 5.74) is 0.397. The molecule has 1 aromatic carbocycles. The number of phenolic OH excluding ortho intramolecular Hbond substituents is 1. The summed E-state index contributed by atoms with van der Waals surface area (Å²) >= 11 is 0. The molecule has 0 bridgehead atoms. The molecule has 8 heteroatoms. The van der Waals surface area contributed by atoms with Gasteiger partial charge in [0, 0.05) is 37.7 Å². The second-order valence-corrected chi connectivity index (χ2v) is 7.35. The number of carbonyl (C=O) groups is 3. The number of benzene rings is 1. The number of aromatic hydroxyl groups is 1. The zero-order chi connectivity index (χ0) is 20.9. The predicted molar refractivity (Wildman–Crippen MR) is 111 cm³/mol. The summed E-state index contributed by atoms with van der Waals surface area (Å²) in [5, 5.41) is 20.7. The largest absolute Gasteiger partial charge is 0.508 e. The van der Waals surface area contributed by atoms with E-state index in [1.165, 1.54) is 31.4 Å². The monoisotopic (exact) mass is 404 g/mol. The van der Waals surface area contributed by atoms with Crippen molar-refractivity contribution in [2.45, 2.75) is 57.4 Å². The van der Waals surface area contributed by atoms with E-state index in [1.807, 2.05) is 0 Å². The summed E-state index contributed by atoms with van der Waals surface area (Å²) in [6.45, 7) is 1.36. The van der Waals surface area contributed by atoms with Crippen molar-refractivity contribution in [3.8, 4) is 5.75 Å². The highest BCUT2D eigenvalue weighted by Gasteiger charge is 2.15. The van der Waals surface area contributed by atoms with E-state index < -0.39 is 0 Å². The maximum absolute atomic E-state index is 11.9. The van der Waals surface area contributed by atoms with Crippen molar-refractivity contribution < 1.29 is 19.5 Å². The molecule has 1 aliphatic rings. The first-order valence-electron chi connectivity index (χ1n) is 10.4. The van der Waals surface area contributed by atoms with Crippen LogP contribution in [0.15, 0.2) is 24.3 Å². The molecule has 0 radical (unpaired) electrons. The highest BCUT2D eigenvalue weighted by Crippen LogP contribution is 2.17. The second kappa shape index (κ2) is 12.6. The fourth-order valence-electron chi connectivity index (χ4n) is 3.29. The Kier molecular flexibility index (Phi) is 9.82. The third kappa shape index (κ3) is 9.32. The Morgan fingerprint density at radius 3 is 2.41 bits per heavy atom. The van der Waals surface area contributed by atoms with Gasteiger partial charge in [0.15, 0.2) is 0 Å². The average molecular weight is 405 g/mol. The number of hydrogen-bond acceptors (Lipinski definition) is 4. The lowest BCUT2D eigenvalue weighted by Gasteiger charge is -2.22. The molecular formula is C21H32N4O4. The molecule has 5 N–H and O–H groups in total. The zero-order valence-corrected chi connectivity index (χ0v) is 16.8. The van der Waals surface area contributed by atoms with Gasteiger partial charge in [-0.3, -0.25) is 9.59 Å². The van der Waals surface area contributed by atoms with Crippen LogP contribution in [0.3, 0.4) is 0 Å². The molecule has 2 rings (SSSR count). The van der Waals surface area contributed by atoms with Gasteiger partial charge in [0.2, 0.25) is 5.91 Å². The summed E-state index contributed by atoms with van der Waals surface area (Å²) in [7, 11) is 0. The molecule has 4 amide bonds. The van der Waals surface area contributed by atoms with Gasteiger partial charge in [-0.25, -0.2) is 4.79 Å². The summed E-state index contributed by atoms with van der Waals surface area (Å²) in [4.78, 5) is 35.5. The van der Waals surface area contributed by atoms with E-state index in [0.717, 1.165) is 12.8 Å². The SMILES string of the molecule is O=C(CCCNC(=O)NC1CCCCC1)NCCCNC(=O)c1cccc(O)c1. The fourth-order valence-corrected chi connectivity index (χ4v) is 3.29. The number of rotatable bonds is 10. The van der Waals surface area contributed by atoms with Crippen LogP contribution in [0.1, 0.15) is 61.7 Å². The van der Waals surface area contributed by atoms with Gasteiger partial charge in [0.25, 0.3) is 5.91 Å². The molecule has 8 nitrogen and oxygen atoms in total. The van der Waals surface area contributed by atoms with Crippen LogP contribution in [0.5, 0.6) is 5.75 Å². The first kappa shape index (κ1) is 22.5. The first-order valence-corrected chi connectivity index (χ1v) is 10.4. The quantitative estimate of drug-likeness (QED) is 0.383. The smallest absolute Gasteiger partial charge is 0.315 e. The summed E-state index contributed by atoms with van der Waals surface area (Å²) in [5.74, 6) is -0.283. The molecule has 1 aliphatic carbocycles. The van der Waals surface area contributed by atoms with Crippen molar-refractivity contribution >= 4 is 17.8 Å². The van der Waals surface area contributed by atoms with Gasteiger partial charge < -0.3 is 26.4 Å². The number of urea groups is 1. The molecule has 0 saturated heterocycles. The van der Waals surface area contributed by atoms with E-state index in [4.69, 9.17) is 0 Å². The van der Waals surface area contributed by atoms with E-state index in [9.17, 15) is 19.5 Å². The number of carbonyl (C=O) groups excluding carboxylic acids is 3. The fraction of sp³-hybridized carbons (Fsp3) is 0.571. The van der Waals surface area contributed by atoms with Gasteiger partial charge >= 0.3 is 6.03 Å². The van der Waals surface area contributed by atoms with Crippen LogP contribution >= 0.6 is 0 Å². The Morgan fingerprint density at radius 2 is 1.66 bits per heavy atom. The molecule has 1 fully saturated rings. The van der Waals surface area contributed by atoms with Crippen LogP contribution in [-0.2, 0) is 4.79 Å². The third-order valence-electron chi connectivity index (χ3n) is 4.88. The van der Waals surface area contributed by atoms with Crippen LogP contribution in [0.2, 0.25) is 0 Å². The van der Waals surface area contributed by atoms with Crippen LogP contribution in [0, 0.1) is 0 Å². The van der Waals surface area contributed by atoms with Crippen molar-refractivity contribution in [1.29, 1.82) is 0 Å². The first-order chi connectivity index (χ1) is 14.0. The maximum atomic E-state index is 11.9. The molecule has 0 spiro atoms. The minimum Gasteiger partial charge on any atom is -0.508 e. The van der Waals surface area contributed by atoms with E-state index in [2.05, 4.69) is 21.3 Å². The molecule has 0 atom stereocenters. The molecule has 0 unspecified atom stereocenters. The van der Waals surface area contributed by atoms with Gasteiger partial charge in [-0.1, -0.05) is 25.3 Å².